The molecule has 4 nitrogen and oxygen atoms in total. The molecule has 3 aromatic rings. The summed E-state index contributed by atoms with van der Waals surface area (Å²) >= 11 is 0. The summed E-state index contributed by atoms with van der Waals surface area (Å²) in [4.78, 5) is 0. The first-order valence-electron chi connectivity index (χ1n) is 8.36. The molecule has 0 radical (unpaired) electrons. The quantitative estimate of drug-likeness (QED) is 0.483. The third-order valence-corrected chi connectivity index (χ3v) is 3.91. The maximum absolute atomic E-state index is 12.1. The first kappa shape index (κ1) is 16.8. The second-order valence-corrected chi connectivity index (χ2v) is 5.68. The topological polar surface area (TPSA) is 45.4 Å². The molecule has 0 unspecified atom stereocenters. The van der Waals surface area contributed by atoms with E-state index in [0.717, 1.165) is 15.9 Å². The van der Waals surface area contributed by atoms with Gasteiger partial charge in [0.1, 0.15) is 13.2 Å². The highest BCUT2D eigenvalue weighted by atomic mass is 16.5. The molecule has 25 heavy (non-hydrogen) atoms. The molecule has 1 heterocycles. The van der Waals surface area contributed by atoms with Gasteiger partial charge in [-0.1, -0.05) is 67.6 Å². The van der Waals surface area contributed by atoms with Gasteiger partial charge in [0.05, 0.1) is 0 Å². The molecule has 2 aromatic carbocycles. The van der Waals surface area contributed by atoms with Crippen LogP contribution in [-0.2, 0) is 19.6 Å². The molecule has 128 valence electrons. The van der Waals surface area contributed by atoms with Crippen molar-refractivity contribution in [1.29, 1.82) is 0 Å². The van der Waals surface area contributed by atoms with Crippen molar-refractivity contribution >= 4 is 0 Å². The Kier molecular flexibility index (Phi) is 5.52. The van der Waals surface area contributed by atoms with E-state index in [1.807, 2.05) is 67.6 Å². The summed E-state index contributed by atoms with van der Waals surface area (Å²) in [6.07, 6.45) is 2.03. The van der Waals surface area contributed by atoms with Crippen molar-refractivity contribution in [3.05, 3.63) is 95.0 Å². The van der Waals surface area contributed by atoms with Crippen LogP contribution in [0.1, 0.15) is 23.7 Å². The number of benzene rings is 2. The minimum atomic E-state index is 0.388. The minimum Gasteiger partial charge on any atom is -0.618 e. The third-order valence-electron chi connectivity index (χ3n) is 3.91. The molecule has 0 amide bonds. The van der Waals surface area contributed by atoms with E-state index in [1.54, 1.807) is 6.07 Å². The molecule has 0 aliphatic carbocycles. The van der Waals surface area contributed by atoms with Gasteiger partial charge in [0.15, 0.2) is 11.9 Å². The Balaban J connectivity index is 1.81. The molecule has 3 rings (SSSR count). The Labute approximate surface area is 147 Å². The van der Waals surface area contributed by atoms with Crippen LogP contribution in [0.5, 0.6) is 11.5 Å². The molecule has 4 heteroatoms. The number of nitrogens with zero attached hydrogens (tertiary/aromatic N) is 1. The summed E-state index contributed by atoms with van der Waals surface area (Å²) in [5.41, 5.74) is 2.68. The molecule has 0 aliphatic rings. The standard InChI is InChI=1S/C21H21NO3/c1-2-19-21(25-16-18-11-7-4-8-12-18)20(13-14-22(19)23)24-15-17-9-5-3-6-10-17/h3-14H,2,15-16H2,1H3. The maximum atomic E-state index is 12.1. The van der Waals surface area contributed by atoms with Crippen LogP contribution in [0.4, 0.5) is 0 Å². The predicted octanol–water partition coefficient (Wildman–Crippen LogP) is 4.04. The number of ether oxygens (including phenoxy) is 2. The fourth-order valence-corrected chi connectivity index (χ4v) is 2.59. The molecule has 0 saturated heterocycles. The lowest BCUT2D eigenvalue weighted by molar-refractivity contribution is -0.614. The monoisotopic (exact) mass is 335 g/mol. The van der Waals surface area contributed by atoms with Crippen LogP contribution in [0.25, 0.3) is 0 Å². The summed E-state index contributed by atoms with van der Waals surface area (Å²) in [5.74, 6) is 1.10. The highest BCUT2D eigenvalue weighted by Crippen LogP contribution is 2.31. The van der Waals surface area contributed by atoms with E-state index in [-0.39, 0.29) is 0 Å². The zero-order valence-electron chi connectivity index (χ0n) is 14.2. The van der Waals surface area contributed by atoms with Gasteiger partial charge >= 0.3 is 0 Å². The van der Waals surface area contributed by atoms with Crippen molar-refractivity contribution in [2.75, 3.05) is 0 Å². The van der Waals surface area contributed by atoms with Gasteiger partial charge in [-0.2, -0.15) is 4.73 Å². The number of pyridine rings is 1. The fourth-order valence-electron chi connectivity index (χ4n) is 2.59. The normalized spacial score (nSPS) is 10.4. The third kappa shape index (κ3) is 4.29. The van der Waals surface area contributed by atoms with Crippen LogP contribution in [0.2, 0.25) is 0 Å². The SMILES string of the molecule is CCc1c(OCc2ccccc2)c(OCc2ccccc2)cc[n+]1[O-]. The number of aromatic nitrogens is 1. The molecule has 0 fully saturated rings. The minimum absolute atomic E-state index is 0.388. The summed E-state index contributed by atoms with van der Waals surface area (Å²) in [6.45, 7) is 2.74. The smallest absolute Gasteiger partial charge is 0.238 e. The van der Waals surface area contributed by atoms with Gasteiger partial charge in [-0.25, -0.2) is 0 Å². The zero-order valence-corrected chi connectivity index (χ0v) is 14.2. The van der Waals surface area contributed by atoms with Crippen molar-refractivity contribution in [3.63, 3.8) is 0 Å². The van der Waals surface area contributed by atoms with Gasteiger partial charge in [-0.15, -0.1) is 0 Å². The highest BCUT2D eigenvalue weighted by molar-refractivity contribution is 5.41. The van der Waals surface area contributed by atoms with E-state index in [0.29, 0.717) is 36.8 Å². The lowest BCUT2D eigenvalue weighted by Crippen LogP contribution is -2.31. The van der Waals surface area contributed by atoms with Gasteiger partial charge in [-0.05, 0) is 11.1 Å². The van der Waals surface area contributed by atoms with Crippen LogP contribution in [0.3, 0.4) is 0 Å². The lowest BCUT2D eigenvalue weighted by Gasteiger charge is -2.15. The Morgan fingerprint density at radius 2 is 1.36 bits per heavy atom. The maximum Gasteiger partial charge on any atom is 0.238 e. The van der Waals surface area contributed by atoms with E-state index >= 15 is 0 Å². The highest BCUT2D eigenvalue weighted by Gasteiger charge is 2.19. The summed E-state index contributed by atoms with van der Waals surface area (Å²) < 4.78 is 12.7. The molecule has 0 bridgehead atoms. The second kappa shape index (κ2) is 8.20. The Morgan fingerprint density at radius 1 is 0.800 bits per heavy atom. The summed E-state index contributed by atoms with van der Waals surface area (Å²) in [5, 5.41) is 12.1. The number of hydrogen-bond donors (Lipinski definition) is 0. The van der Waals surface area contributed by atoms with Gasteiger partial charge < -0.3 is 14.7 Å². The molecule has 0 aliphatic heterocycles. The van der Waals surface area contributed by atoms with Gasteiger partial charge in [-0.3, -0.25) is 0 Å². The molecule has 0 N–H and O–H groups in total. The van der Waals surface area contributed by atoms with Crippen molar-refractivity contribution in [2.24, 2.45) is 0 Å². The van der Waals surface area contributed by atoms with Crippen LogP contribution in [0.15, 0.2) is 72.9 Å². The van der Waals surface area contributed by atoms with Gasteiger partial charge in [0.25, 0.3) is 0 Å². The van der Waals surface area contributed by atoms with Crippen molar-refractivity contribution < 1.29 is 14.2 Å². The largest absolute Gasteiger partial charge is 0.618 e. The average Bonchev–Trinajstić information content (AvgIpc) is 2.67. The fraction of sp³-hybridized carbons (Fsp3) is 0.190. The van der Waals surface area contributed by atoms with Crippen molar-refractivity contribution in [3.8, 4) is 11.5 Å². The van der Waals surface area contributed by atoms with Crippen LogP contribution >= 0.6 is 0 Å². The number of rotatable bonds is 7. The van der Waals surface area contributed by atoms with E-state index in [4.69, 9.17) is 9.47 Å². The summed E-state index contributed by atoms with van der Waals surface area (Å²) in [7, 11) is 0. The predicted molar refractivity (Wildman–Crippen MR) is 96.3 cm³/mol. The Morgan fingerprint density at radius 3 is 1.92 bits per heavy atom. The average molecular weight is 335 g/mol. The lowest BCUT2D eigenvalue weighted by atomic mass is 10.2. The zero-order chi connectivity index (χ0) is 17.5. The molecule has 1 aromatic heterocycles. The van der Waals surface area contributed by atoms with E-state index in [2.05, 4.69) is 0 Å². The number of hydrogen-bond acceptors (Lipinski definition) is 3. The van der Waals surface area contributed by atoms with Crippen molar-refractivity contribution in [1.82, 2.24) is 0 Å². The van der Waals surface area contributed by atoms with E-state index in [1.165, 1.54) is 6.20 Å². The Bertz CT molecular complexity index is 804. The van der Waals surface area contributed by atoms with Crippen molar-refractivity contribution in [2.45, 2.75) is 26.6 Å². The van der Waals surface area contributed by atoms with Gasteiger partial charge in [0.2, 0.25) is 11.4 Å². The first-order valence-corrected chi connectivity index (χ1v) is 8.36. The van der Waals surface area contributed by atoms with E-state index < -0.39 is 0 Å². The van der Waals surface area contributed by atoms with Crippen LogP contribution in [-0.4, -0.2) is 0 Å². The Hall–Kier alpha value is -3.01. The second-order valence-electron chi connectivity index (χ2n) is 5.68. The molecule has 0 saturated carbocycles. The van der Waals surface area contributed by atoms with Gasteiger partial charge in [0, 0.05) is 12.5 Å². The first-order chi connectivity index (χ1) is 12.3. The van der Waals surface area contributed by atoms with Crippen LogP contribution < -0.4 is 14.2 Å². The van der Waals surface area contributed by atoms with E-state index in [9.17, 15) is 5.21 Å². The summed E-state index contributed by atoms with van der Waals surface area (Å²) in [6, 6.07) is 21.4. The molecule has 0 spiro atoms. The van der Waals surface area contributed by atoms with Crippen LogP contribution in [0, 0.1) is 5.21 Å². The molecular weight excluding hydrogens is 314 g/mol. The molecular formula is C21H21NO3. The molecule has 0 atom stereocenters.